The Morgan fingerprint density at radius 2 is 1.96 bits per heavy atom. The van der Waals surface area contributed by atoms with E-state index in [0.29, 0.717) is 6.54 Å². The first-order valence-electron chi connectivity index (χ1n) is 7.70. The van der Waals surface area contributed by atoms with Crippen LogP contribution in [0.5, 0.6) is 0 Å². The Morgan fingerprint density at radius 1 is 1.30 bits per heavy atom. The van der Waals surface area contributed by atoms with Crippen LogP contribution in [0, 0.1) is 0 Å². The maximum atomic E-state index is 12.2. The molecule has 0 aliphatic heterocycles. The Bertz CT molecular complexity index is 685. The molecule has 1 heterocycles. The molecule has 5 nitrogen and oxygen atoms in total. The van der Waals surface area contributed by atoms with Crippen molar-refractivity contribution >= 4 is 22.5 Å². The third-order valence-electron chi connectivity index (χ3n) is 4.05. The quantitative estimate of drug-likeness (QED) is 0.906. The Labute approximate surface area is 140 Å². The van der Waals surface area contributed by atoms with Crippen molar-refractivity contribution in [3.8, 4) is 0 Å². The van der Waals surface area contributed by atoms with Crippen LogP contribution in [0.15, 0.2) is 29.6 Å². The van der Waals surface area contributed by atoms with Crippen LogP contribution in [-0.4, -0.2) is 30.6 Å². The van der Waals surface area contributed by atoms with Crippen LogP contribution < -0.4 is 15.5 Å². The van der Waals surface area contributed by atoms with Gasteiger partial charge in [0.25, 0.3) is 0 Å². The van der Waals surface area contributed by atoms with Gasteiger partial charge in [0.05, 0.1) is 12.2 Å². The molecule has 0 atom stereocenters. The number of amides is 2. The minimum absolute atomic E-state index is 0.139. The van der Waals surface area contributed by atoms with Gasteiger partial charge >= 0.3 is 6.03 Å². The van der Waals surface area contributed by atoms with E-state index in [0.717, 1.165) is 23.7 Å². The lowest BCUT2D eigenvalue weighted by Crippen LogP contribution is -2.50. The molecule has 0 bridgehead atoms. The number of rotatable bonds is 4. The highest BCUT2D eigenvalue weighted by atomic mass is 32.1. The number of anilines is 1. The highest BCUT2D eigenvalue weighted by Gasteiger charge is 2.33. The second-order valence-electron chi connectivity index (χ2n) is 6.51. The molecule has 0 saturated carbocycles. The summed E-state index contributed by atoms with van der Waals surface area (Å²) in [5, 5.41) is 8.94. The lowest BCUT2D eigenvalue weighted by molar-refractivity contribution is 0.228. The molecule has 1 aromatic carbocycles. The van der Waals surface area contributed by atoms with Gasteiger partial charge in [-0.15, -0.1) is 11.3 Å². The van der Waals surface area contributed by atoms with E-state index in [1.165, 1.54) is 11.1 Å². The number of aromatic nitrogens is 1. The van der Waals surface area contributed by atoms with Crippen molar-refractivity contribution in [2.24, 2.45) is 0 Å². The summed E-state index contributed by atoms with van der Waals surface area (Å²) in [4.78, 5) is 18.6. The van der Waals surface area contributed by atoms with Crippen molar-refractivity contribution in [1.29, 1.82) is 0 Å². The van der Waals surface area contributed by atoms with Crippen LogP contribution in [0.3, 0.4) is 0 Å². The summed E-state index contributed by atoms with van der Waals surface area (Å²) in [7, 11) is 3.92. The molecule has 0 saturated heterocycles. The number of nitrogens with one attached hydrogen (secondary N) is 2. The zero-order valence-corrected chi connectivity index (χ0v) is 14.5. The number of urea groups is 1. The maximum Gasteiger partial charge on any atom is 0.315 e. The van der Waals surface area contributed by atoms with Crippen LogP contribution in [0.2, 0.25) is 0 Å². The highest BCUT2D eigenvalue weighted by Crippen LogP contribution is 2.29. The Morgan fingerprint density at radius 3 is 2.52 bits per heavy atom. The molecule has 0 radical (unpaired) electrons. The van der Waals surface area contributed by atoms with Crippen molar-refractivity contribution in [2.45, 2.75) is 31.8 Å². The molecule has 6 heteroatoms. The zero-order valence-electron chi connectivity index (χ0n) is 13.7. The number of benzene rings is 1. The van der Waals surface area contributed by atoms with Gasteiger partial charge in [0.15, 0.2) is 5.13 Å². The largest absolute Gasteiger partial charge is 0.354 e. The van der Waals surface area contributed by atoms with Crippen LogP contribution in [0.25, 0.3) is 0 Å². The maximum absolute atomic E-state index is 12.2. The molecule has 1 aromatic heterocycles. The van der Waals surface area contributed by atoms with Crippen LogP contribution in [0.1, 0.15) is 23.7 Å². The Balaban J connectivity index is 1.53. The number of fused-ring (bicyclic) bond motifs is 1. The highest BCUT2D eigenvalue weighted by molar-refractivity contribution is 7.13. The first-order valence-corrected chi connectivity index (χ1v) is 8.58. The molecule has 2 amide bonds. The summed E-state index contributed by atoms with van der Waals surface area (Å²) >= 11 is 1.58. The molecule has 23 heavy (non-hydrogen) atoms. The fourth-order valence-corrected chi connectivity index (χ4v) is 3.72. The SMILES string of the molecule is CN(C)c1nc(CNC(=O)NC2(C)Cc3ccccc3C2)cs1. The third-order valence-corrected chi connectivity index (χ3v) is 5.10. The fraction of sp³-hybridized carbons (Fsp3) is 0.412. The van der Waals surface area contributed by atoms with Crippen molar-refractivity contribution in [3.05, 3.63) is 46.5 Å². The summed E-state index contributed by atoms with van der Waals surface area (Å²) in [6.07, 6.45) is 1.75. The van der Waals surface area contributed by atoms with Crippen LogP contribution in [0.4, 0.5) is 9.93 Å². The van der Waals surface area contributed by atoms with E-state index in [9.17, 15) is 4.79 Å². The van der Waals surface area contributed by atoms with E-state index in [4.69, 9.17) is 0 Å². The smallest absolute Gasteiger partial charge is 0.315 e. The topological polar surface area (TPSA) is 57.3 Å². The molecule has 1 aliphatic carbocycles. The van der Waals surface area contributed by atoms with Gasteiger partial charge < -0.3 is 15.5 Å². The summed E-state index contributed by atoms with van der Waals surface area (Å²) < 4.78 is 0. The number of hydrogen-bond acceptors (Lipinski definition) is 4. The molecule has 122 valence electrons. The molecule has 0 unspecified atom stereocenters. The van der Waals surface area contributed by atoms with Gasteiger partial charge in [-0.25, -0.2) is 9.78 Å². The predicted molar refractivity (Wildman–Crippen MR) is 94.1 cm³/mol. The van der Waals surface area contributed by atoms with Gasteiger partial charge in [-0.1, -0.05) is 24.3 Å². The second-order valence-corrected chi connectivity index (χ2v) is 7.34. The van der Waals surface area contributed by atoms with Crippen molar-refractivity contribution in [1.82, 2.24) is 15.6 Å². The first kappa shape index (κ1) is 15.8. The molecule has 1 aliphatic rings. The lowest BCUT2D eigenvalue weighted by atomic mass is 9.99. The lowest BCUT2D eigenvalue weighted by Gasteiger charge is -2.25. The number of thiazole rings is 1. The molecule has 0 fully saturated rings. The fourth-order valence-electron chi connectivity index (χ4n) is 2.97. The van der Waals surface area contributed by atoms with Crippen molar-refractivity contribution in [2.75, 3.05) is 19.0 Å². The van der Waals surface area contributed by atoms with E-state index in [1.54, 1.807) is 11.3 Å². The van der Waals surface area contributed by atoms with Gasteiger partial charge in [-0.05, 0) is 30.9 Å². The Kier molecular flexibility index (Phi) is 4.26. The van der Waals surface area contributed by atoms with Gasteiger partial charge in [0.1, 0.15) is 0 Å². The van der Waals surface area contributed by atoms with Crippen molar-refractivity contribution in [3.63, 3.8) is 0 Å². The molecular formula is C17H22N4OS. The molecule has 0 spiro atoms. The molecule has 2 N–H and O–H groups in total. The first-order chi connectivity index (χ1) is 11.0. The Hall–Kier alpha value is -2.08. The monoisotopic (exact) mass is 330 g/mol. The minimum Gasteiger partial charge on any atom is -0.354 e. The number of nitrogens with zero attached hydrogens (tertiary/aromatic N) is 2. The number of carbonyl (C=O) groups excluding carboxylic acids is 1. The summed E-state index contributed by atoms with van der Waals surface area (Å²) in [6.45, 7) is 2.54. The van der Waals surface area contributed by atoms with E-state index in [-0.39, 0.29) is 11.6 Å². The van der Waals surface area contributed by atoms with E-state index in [1.807, 2.05) is 24.4 Å². The van der Waals surface area contributed by atoms with Crippen molar-refractivity contribution < 1.29 is 4.79 Å². The summed E-state index contributed by atoms with van der Waals surface area (Å²) in [5.41, 5.74) is 3.31. The average molecular weight is 330 g/mol. The van der Waals surface area contributed by atoms with Crippen LogP contribution >= 0.6 is 11.3 Å². The van der Waals surface area contributed by atoms with Crippen LogP contribution in [-0.2, 0) is 19.4 Å². The summed E-state index contributed by atoms with van der Waals surface area (Å²) in [5.74, 6) is 0. The van der Waals surface area contributed by atoms with Gasteiger partial charge in [-0.3, -0.25) is 0 Å². The third kappa shape index (κ3) is 3.64. The zero-order chi connectivity index (χ0) is 16.4. The molecule has 2 aromatic rings. The van der Waals surface area contributed by atoms with Gasteiger partial charge in [0.2, 0.25) is 0 Å². The van der Waals surface area contributed by atoms with Gasteiger partial charge in [-0.2, -0.15) is 0 Å². The van der Waals surface area contributed by atoms with Gasteiger partial charge in [0, 0.05) is 25.0 Å². The number of carbonyl (C=O) groups is 1. The van der Waals surface area contributed by atoms with E-state index in [2.05, 4.69) is 46.8 Å². The average Bonchev–Trinajstić information content (AvgIpc) is 3.08. The standard InChI is InChI=1S/C17H22N4OS/c1-17(8-12-6-4-5-7-13(12)9-17)20-15(22)18-10-14-11-23-16(19-14)21(2)3/h4-7,11H,8-10H2,1-3H3,(H2,18,20,22). The number of hydrogen-bond donors (Lipinski definition) is 2. The molecular weight excluding hydrogens is 308 g/mol. The summed E-state index contributed by atoms with van der Waals surface area (Å²) in [6, 6.07) is 8.24. The second kappa shape index (κ2) is 6.20. The van der Waals surface area contributed by atoms with E-state index < -0.39 is 0 Å². The predicted octanol–water partition coefficient (Wildman–Crippen LogP) is 2.57. The molecule has 3 rings (SSSR count). The van der Waals surface area contributed by atoms with E-state index >= 15 is 0 Å². The minimum atomic E-state index is -0.218. The normalized spacial score (nSPS) is 15.1.